The summed E-state index contributed by atoms with van der Waals surface area (Å²) in [7, 11) is 0. The van der Waals surface area contributed by atoms with Gasteiger partial charge in [0.05, 0.1) is 24.2 Å². The predicted molar refractivity (Wildman–Crippen MR) is 79.0 cm³/mol. The largest absolute Gasteiger partial charge is 0.391 e. The lowest BCUT2D eigenvalue weighted by atomic mass is 10.1. The van der Waals surface area contributed by atoms with Crippen LogP contribution < -0.4 is 5.32 Å². The van der Waals surface area contributed by atoms with Crippen LogP contribution in [-0.2, 0) is 6.54 Å². The molecular weight excluding hydrogens is 282 g/mol. The lowest BCUT2D eigenvalue weighted by Gasteiger charge is -2.16. The first-order valence-corrected chi connectivity index (χ1v) is 7.35. The SMILES string of the molecule is Cc1nccnc1C(=O)N[C@@H]1CC(Cn2ccnc2)C[C@H]1O. The molecule has 2 aromatic heterocycles. The Balaban J connectivity index is 1.61. The number of aromatic nitrogens is 4. The molecule has 1 amide bonds. The molecule has 2 aromatic rings. The first-order chi connectivity index (χ1) is 10.6. The van der Waals surface area contributed by atoms with Crippen LogP contribution in [0.1, 0.15) is 29.0 Å². The molecule has 2 N–H and O–H groups in total. The maximum absolute atomic E-state index is 12.3. The van der Waals surface area contributed by atoms with E-state index in [0.717, 1.165) is 13.0 Å². The highest BCUT2D eigenvalue weighted by Crippen LogP contribution is 2.27. The van der Waals surface area contributed by atoms with Gasteiger partial charge < -0.3 is 15.0 Å². The van der Waals surface area contributed by atoms with Crippen LogP contribution in [0.5, 0.6) is 0 Å². The van der Waals surface area contributed by atoms with Crippen LogP contribution in [0.15, 0.2) is 31.1 Å². The minimum absolute atomic E-state index is 0.248. The molecule has 0 saturated heterocycles. The van der Waals surface area contributed by atoms with Gasteiger partial charge in [0.15, 0.2) is 0 Å². The Morgan fingerprint density at radius 2 is 2.18 bits per heavy atom. The monoisotopic (exact) mass is 301 g/mol. The Labute approximate surface area is 128 Å². The van der Waals surface area contributed by atoms with Crippen LogP contribution in [0.4, 0.5) is 0 Å². The number of carbonyl (C=O) groups excluding carboxylic acids is 1. The smallest absolute Gasteiger partial charge is 0.272 e. The average molecular weight is 301 g/mol. The van der Waals surface area contributed by atoms with Crippen molar-refractivity contribution < 1.29 is 9.90 Å². The summed E-state index contributed by atoms with van der Waals surface area (Å²) < 4.78 is 1.99. The van der Waals surface area contributed by atoms with E-state index in [1.807, 2.05) is 10.8 Å². The van der Waals surface area contributed by atoms with E-state index >= 15 is 0 Å². The van der Waals surface area contributed by atoms with Gasteiger partial charge in [0.1, 0.15) is 5.69 Å². The van der Waals surface area contributed by atoms with Gasteiger partial charge in [0.25, 0.3) is 5.91 Å². The number of rotatable bonds is 4. The third-order valence-electron chi connectivity index (χ3n) is 4.07. The first kappa shape index (κ1) is 14.6. The maximum atomic E-state index is 12.3. The summed E-state index contributed by atoms with van der Waals surface area (Å²) in [5.74, 6) is 0.0374. The Morgan fingerprint density at radius 1 is 1.36 bits per heavy atom. The molecule has 0 bridgehead atoms. The molecule has 0 aromatic carbocycles. The highest BCUT2D eigenvalue weighted by Gasteiger charge is 2.34. The van der Waals surface area contributed by atoms with Crippen molar-refractivity contribution in [3.05, 3.63) is 42.5 Å². The van der Waals surface area contributed by atoms with E-state index in [9.17, 15) is 9.90 Å². The third kappa shape index (κ3) is 3.14. The summed E-state index contributed by atoms with van der Waals surface area (Å²) in [6.07, 6.45) is 9.33. The number of nitrogens with one attached hydrogen (secondary N) is 1. The first-order valence-electron chi connectivity index (χ1n) is 7.35. The van der Waals surface area contributed by atoms with E-state index in [4.69, 9.17) is 0 Å². The van der Waals surface area contributed by atoms with Crippen molar-refractivity contribution in [3.8, 4) is 0 Å². The molecule has 116 valence electrons. The van der Waals surface area contributed by atoms with E-state index in [2.05, 4.69) is 20.3 Å². The van der Waals surface area contributed by atoms with Gasteiger partial charge in [-0.3, -0.25) is 9.78 Å². The second-order valence-electron chi connectivity index (χ2n) is 5.73. The molecular formula is C15H19N5O2. The Kier molecular flexibility index (Phi) is 4.15. The number of hydrogen-bond acceptors (Lipinski definition) is 5. The van der Waals surface area contributed by atoms with Gasteiger partial charge in [-0.2, -0.15) is 0 Å². The number of nitrogens with zero attached hydrogens (tertiary/aromatic N) is 4. The van der Waals surface area contributed by atoms with E-state index in [1.165, 1.54) is 6.20 Å². The van der Waals surface area contributed by atoms with Crippen LogP contribution >= 0.6 is 0 Å². The van der Waals surface area contributed by atoms with Crippen molar-refractivity contribution in [2.24, 2.45) is 5.92 Å². The van der Waals surface area contributed by atoms with Crippen molar-refractivity contribution in [2.75, 3.05) is 0 Å². The van der Waals surface area contributed by atoms with E-state index in [1.54, 1.807) is 25.6 Å². The van der Waals surface area contributed by atoms with Crippen molar-refractivity contribution in [2.45, 2.75) is 38.5 Å². The zero-order chi connectivity index (χ0) is 15.5. The Morgan fingerprint density at radius 3 is 2.91 bits per heavy atom. The van der Waals surface area contributed by atoms with Gasteiger partial charge in [-0.15, -0.1) is 0 Å². The Bertz CT molecular complexity index is 643. The maximum Gasteiger partial charge on any atom is 0.272 e. The predicted octanol–water partition coefficient (Wildman–Crippen LogP) is 0.551. The molecule has 1 aliphatic carbocycles. The fourth-order valence-electron chi connectivity index (χ4n) is 2.98. The summed E-state index contributed by atoms with van der Waals surface area (Å²) in [5, 5.41) is 13.1. The summed E-state index contributed by atoms with van der Waals surface area (Å²) >= 11 is 0. The zero-order valence-electron chi connectivity index (χ0n) is 12.4. The van der Waals surface area contributed by atoms with Crippen LogP contribution in [0.25, 0.3) is 0 Å². The number of imidazole rings is 1. The molecule has 2 heterocycles. The standard InChI is InChI=1S/C15H19N5O2/c1-10-14(18-3-2-17-10)15(22)19-12-6-11(7-13(12)21)8-20-5-4-16-9-20/h2-5,9,11-13,21H,6-8H2,1H3,(H,19,22)/t11?,12-,13-/m1/s1. The highest BCUT2D eigenvalue weighted by atomic mass is 16.3. The second-order valence-corrected chi connectivity index (χ2v) is 5.73. The van der Waals surface area contributed by atoms with Gasteiger partial charge in [-0.05, 0) is 25.7 Å². The minimum atomic E-state index is -0.533. The lowest BCUT2D eigenvalue weighted by Crippen LogP contribution is -2.40. The number of aliphatic hydroxyl groups is 1. The van der Waals surface area contributed by atoms with Crippen LogP contribution in [-0.4, -0.2) is 42.7 Å². The molecule has 1 saturated carbocycles. The van der Waals surface area contributed by atoms with E-state index in [0.29, 0.717) is 23.7 Å². The Hall–Kier alpha value is -2.28. The normalized spacial score (nSPS) is 24.4. The van der Waals surface area contributed by atoms with E-state index < -0.39 is 6.10 Å². The van der Waals surface area contributed by atoms with Crippen molar-refractivity contribution in [1.29, 1.82) is 0 Å². The molecule has 3 rings (SSSR count). The molecule has 1 fully saturated rings. The quantitative estimate of drug-likeness (QED) is 0.860. The number of hydrogen-bond donors (Lipinski definition) is 2. The van der Waals surface area contributed by atoms with Crippen LogP contribution in [0, 0.1) is 12.8 Å². The van der Waals surface area contributed by atoms with Gasteiger partial charge in [0, 0.05) is 31.3 Å². The van der Waals surface area contributed by atoms with Gasteiger partial charge in [-0.25, -0.2) is 9.97 Å². The molecule has 7 heteroatoms. The van der Waals surface area contributed by atoms with Crippen molar-refractivity contribution in [3.63, 3.8) is 0 Å². The second kappa shape index (κ2) is 6.23. The summed E-state index contributed by atoms with van der Waals surface area (Å²) in [6, 6.07) is -0.248. The van der Waals surface area contributed by atoms with Crippen LogP contribution in [0.2, 0.25) is 0 Å². The highest BCUT2D eigenvalue weighted by molar-refractivity contribution is 5.93. The fraction of sp³-hybridized carbons (Fsp3) is 0.467. The zero-order valence-corrected chi connectivity index (χ0v) is 12.4. The number of aryl methyl sites for hydroxylation is 1. The van der Waals surface area contributed by atoms with Crippen molar-refractivity contribution in [1.82, 2.24) is 24.8 Å². The topological polar surface area (TPSA) is 92.9 Å². The van der Waals surface area contributed by atoms with Crippen molar-refractivity contribution >= 4 is 5.91 Å². The lowest BCUT2D eigenvalue weighted by molar-refractivity contribution is 0.0866. The molecule has 0 spiro atoms. The minimum Gasteiger partial charge on any atom is -0.391 e. The molecule has 1 aliphatic rings. The molecule has 3 atom stereocenters. The average Bonchev–Trinajstić information content (AvgIpc) is 3.10. The molecule has 0 radical (unpaired) electrons. The molecule has 1 unspecified atom stereocenters. The number of carbonyl (C=O) groups is 1. The summed E-state index contributed by atoms with van der Waals surface area (Å²) in [4.78, 5) is 24.4. The fourth-order valence-corrected chi connectivity index (χ4v) is 2.98. The van der Waals surface area contributed by atoms with Crippen LogP contribution in [0.3, 0.4) is 0 Å². The molecule has 0 aliphatic heterocycles. The number of aliphatic hydroxyl groups excluding tert-OH is 1. The van der Waals surface area contributed by atoms with Gasteiger partial charge in [-0.1, -0.05) is 0 Å². The van der Waals surface area contributed by atoms with Gasteiger partial charge in [0.2, 0.25) is 0 Å². The number of amides is 1. The van der Waals surface area contributed by atoms with E-state index in [-0.39, 0.29) is 11.9 Å². The third-order valence-corrected chi connectivity index (χ3v) is 4.07. The molecule has 22 heavy (non-hydrogen) atoms. The molecule has 7 nitrogen and oxygen atoms in total. The van der Waals surface area contributed by atoms with Gasteiger partial charge >= 0.3 is 0 Å². The summed E-state index contributed by atoms with van der Waals surface area (Å²) in [5.41, 5.74) is 0.898. The summed E-state index contributed by atoms with van der Waals surface area (Å²) in [6.45, 7) is 2.54.